The molecule has 4 rings (SSSR count). The summed E-state index contributed by atoms with van der Waals surface area (Å²) in [7, 11) is 0. The number of fused-ring (bicyclic) bond motifs is 1. The second-order valence-corrected chi connectivity index (χ2v) is 7.68. The zero-order chi connectivity index (χ0) is 24.9. The summed E-state index contributed by atoms with van der Waals surface area (Å²) in [6.45, 7) is 2.94. The van der Waals surface area contributed by atoms with Crippen LogP contribution in [-0.2, 0) is 40.3 Å². The van der Waals surface area contributed by atoms with Crippen molar-refractivity contribution in [2.45, 2.75) is 44.9 Å². The number of likely N-dealkylation sites (tertiary alicyclic amines) is 1. The van der Waals surface area contributed by atoms with Crippen molar-refractivity contribution in [1.29, 1.82) is 0 Å². The van der Waals surface area contributed by atoms with Gasteiger partial charge < -0.3 is 19.5 Å². The monoisotopic (exact) mass is 486 g/mol. The first-order chi connectivity index (χ1) is 16.0. The first kappa shape index (κ1) is 25.1. The maximum absolute atomic E-state index is 13.0. The van der Waals surface area contributed by atoms with Crippen LogP contribution >= 0.6 is 0 Å². The van der Waals surface area contributed by atoms with Crippen molar-refractivity contribution in [2.24, 2.45) is 0 Å². The third-order valence-corrected chi connectivity index (χ3v) is 5.32. The second-order valence-electron chi connectivity index (χ2n) is 7.68. The number of hydrogen-bond donors (Lipinski definition) is 1. The number of alkyl halides is 3. The van der Waals surface area contributed by atoms with Crippen LogP contribution < -0.4 is 0 Å². The highest BCUT2D eigenvalue weighted by Gasteiger charge is 2.38. The van der Waals surface area contributed by atoms with Crippen LogP contribution in [0.2, 0.25) is 0 Å². The topological polar surface area (TPSA) is 122 Å². The Balaban J connectivity index is 0.000000406. The molecule has 10 nitrogen and oxygen atoms in total. The molecule has 0 aliphatic carbocycles. The SMILES string of the molecule is O=C(Cc1ccc(F)cn1)N1CCc2nnc(CN3CCCC3=O)n2CC1.O=C(O)C(F)(F)F. The zero-order valence-electron chi connectivity index (χ0n) is 18.0. The third-order valence-electron chi connectivity index (χ3n) is 5.32. The van der Waals surface area contributed by atoms with E-state index in [0.29, 0.717) is 44.7 Å². The minimum Gasteiger partial charge on any atom is -0.475 e. The van der Waals surface area contributed by atoms with Crippen molar-refractivity contribution in [3.05, 3.63) is 41.5 Å². The fourth-order valence-electron chi connectivity index (χ4n) is 3.57. The van der Waals surface area contributed by atoms with E-state index in [-0.39, 0.29) is 18.2 Å². The molecule has 0 atom stereocenters. The fourth-order valence-corrected chi connectivity index (χ4v) is 3.57. The molecule has 0 spiro atoms. The summed E-state index contributed by atoms with van der Waals surface area (Å²) >= 11 is 0. The summed E-state index contributed by atoms with van der Waals surface area (Å²) in [6, 6.07) is 2.84. The maximum atomic E-state index is 13.0. The number of hydrogen-bond acceptors (Lipinski definition) is 6. The highest BCUT2D eigenvalue weighted by atomic mass is 19.4. The van der Waals surface area contributed by atoms with Gasteiger partial charge in [0.1, 0.15) is 11.6 Å². The standard InChI is InChI=1S/C18H21FN6O2.C2HF3O2/c19-13-3-4-14(20-11-13)10-18(27)23-7-5-15-21-22-16(25(15)9-8-23)12-24-6-1-2-17(24)26;3-2(4,5)1(6)7/h3-4,11H,1-2,5-10,12H2;(H,6,7). The summed E-state index contributed by atoms with van der Waals surface area (Å²) < 4.78 is 46.7. The van der Waals surface area contributed by atoms with Crippen molar-refractivity contribution >= 4 is 17.8 Å². The quantitative estimate of drug-likeness (QED) is 0.645. The lowest BCUT2D eigenvalue weighted by molar-refractivity contribution is -0.192. The maximum Gasteiger partial charge on any atom is 0.490 e. The first-order valence-corrected chi connectivity index (χ1v) is 10.4. The van der Waals surface area contributed by atoms with Gasteiger partial charge in [0.05, 0.1) is 19.2 Å². The van der Waals surface area contributed by atoms with Gasteiger partial charge in [-0.2, -0.15) is 13.2 Å². The molecule has 4 heterocycles. The van der Waals surface area contributed by atoms with E-state index in [4.69, 9.17) is 9.90 Å². The van der Waals surface area contributed by atoms with Gasteiger partial charge in [-0.1, -0.05) is 0 Å². The Morgan fingerprint density at radius 1 is 1.06 bits per heavy atom. The molecule has 0 radical (unpaired) electrons. The van der Waals surface area contributed by atoms with Gasteiger partial charge in [-0.25, -0.2) is 9.18 Å². The Labute approximate surface area is 191 Å². The molecule has 14 heteroatoms. The Hall–Kier alpha value is -3.58. The number of rotatable bonds is 4. The molecule has 34 heavy (non-hydrogen) atoms. The van der Waals surface area contributed by atoms with Crippen LogP contribution in [0.1, 0.15) is 30.2 Å². The van der Waals surface area contributed by atoms with E-state index in [1.807, 2.05) is 9.47 Å². The van der Waals surface area contributed by atoms with Crippen LogP contribution in [0.3, 0.4) is 0 Å². The predicted octanol–water partition coefficient (Wildman–Crippen LogP) is 1.20. The number of aliphatic carboxylic acids is 1. The third kappa shape index (κ3) is 6.48. The van der Waals surface area contributed by atoms with Crippen molar-refractivity contribution < 1.29 is 37.1 Å². The van der Waals surface area contributed by atoms with Gasteiger partial charge in [0, 0.05) is 44.7 Å². The average Bonchev–Trinajstić information content (AvgIpc) is 3.28. The number of halogens is 4. The van der Waals surface area contributed by atoms with Crippen LogP contribution in [0, 0.1) is 5.82 Å². The molecular formula is C20H22F4N6O4. The summed E-state index contributed by atoms with van der Waals surface area (Å²) in [6.07, 6.45) is -1.71. The van der Waals surface area contributed by atoms with Gasteiger partial charge in [0.15, 0.2) is 5.82 Å². The molecule has 0 unspecified atom stereocenters. The predicted molar refractivity (Wildman–Crippen MR) is 107 cm³/mol. The van der Waals surface area contributed by atoms with Crippen LogP contribution in [0.4, 0.5) is 17.6 Å². The number of amides is 2. The molecule has 2 aliphatic heterocycles. The summed E-state index contributed by atoms with van der Waals surface area (Å²) in [5.41, 5.74) is 0.554. The molecule has 0 aromatic carbocycles. The van der Waals surface area contributed by atoms with Crippen LogP contribution in [0.15, 0.2) is 18.3 Å². The van der Waals surface area contributed by atoms with E-state index in [1.54, 1.807) is 4.90 Å². The van der Waals surface area contributed by atoms with Gasteiger partial charge >= 0.3 is 12.1 Å². The molecule has 2 aromatic heterocycles. The molecule has 184 valence electrons. The number of nitrogens with zero attached hydrogens (tertiary/aromatic N) is 6. The van der Waals surface area contributed by atoms with E-state index in [9.17, 15) is 27.2 Å². The van der Waals surface area contributed by atoms with Gasteiger partial charge in [-0.3, -0.25) is 14.6 Å². The normalized spacial score (nSPS) is 15.9. The van der Waals surface area contributed by atoms with Crippen molar-refractivity contribution in [2.75, 3.05) is 19.6 Å². The van der Waals surface area contributed by atoms with Gasteiger partial charge in [0.2, 0.25) is 11.8 Å². The smallest absolute Gasteiger partial charge is 0.475 e. The van der Waals surface area contributed by atoms with E-state index in [1.165, 1.54) is 12.1 Å². The van der Waals surface area contributed by atoms with E-state index >= 15 is 0 Å². The molecule has 1 saturated heterocycles. The number of carboxylic acid groups (broad SMARTS) is 1. The largest absolute Gasteiger partial charge is 0.490 e. The summed E-state index contributed by atoms with van der Waals surface area (Å²) in [5, 5.41) is 15.6. The summed E-state index contributed by atoms with van der Waals surface area (Å²) in [5.74, 6) is -1.44. The van der Waals surface area contributed by atoms with Crippen molar-refractivity contribution in [1.82, 2.24) is 29.5 Å². The molecule has 1 fully saturated rings. The lowest BCUT2D eigenvalue weighted by Crippen LogP contribution is -2.35. The minimum absolute atomic E-state index is 0.0379. The van der Waals surface area contributed by atoms with Gasteiger partial charge in [-0.05, 0) is 18.6 Å². The highest BCUT2D eigenvalue weighted by Crippen LogP contribution is 2.16. The minimum atomic E-state index is -5.08. The molecule has 0 bridgehead atoms. The Morgan fingerprint density at radius 3 is 2.38 bits per heavy atom. The van der Waals surface area contributed by atoms with Crippen LogP contribution in [0.25, 0.3) is 0 Å². The van der Waals surface area contributed by atoms with Gasteiger partial charge in [-0.15, -0.1) is 10.2 Å². The lowest BCUT2D eigenvalue weighted by Gasteiger charge is -2.20. The first-order valence-electron chi connectivity index (χ1n) is 10.4. The molecule has 2 aromatic rings. The number of carbonyl (C=O) groups excluding carboxylic acids is 2. The second kappa shape index (κ2) is 10.6. The van der Waals surface area contributed by atoms with Crippen molar-refractivity contribution in [3.8, 4) is 0 Å². The van der Waals surface area contributed by atoms with Gasteiger partial charge in [0.25, 0.3) is 0 Å². The van der Waals surface area contributed by atoms with E-state index < -0.39 is 18.0 Å². The molecule has 0 saturated carbocycles. The number of aromatic nitrogens is 4. The number of pyridine rings is 1. The molecule has 2 aliphatic rings. The van der Waals surface area contributed by atoms with Crippen molar-refractivity contribution in [3.63, 3.8) is 0 Å². The molecular weight excluding hydrogens is 464 g/mol. The lowest BCUT2D eigenvalue weighted by atomic mass is 10.2. The Morgan fingerprint density at radius 2 is 1.79 bits per heavy atom. The molecule has 1 N–H and O–H groups in total. The average molecular weight is 486 g/mol. The fraction of sp³-hybridized carbons (Fsp3) is 0.500. The number of carbonyl (C=O) groups is 3. The zero-order valence-corrected chi connectivity index (χ0v) is 18.0. The Kier molecular flexibility index (Phi) is 7.79. The number of carboxylic acids is 1. The molecule has 2 amide bonds. The summed E-state index contributed by atoms with van der Waals surface area (Å²) in [4.78, 5) is 40.9. The van der Waals surface area contributed by atoms with E-state index in [2.05, 4.69) is 15.2 Å². The van der Waals surface area contributed by atoms with Crippen LogP contribution in [-0.4, -0.2) is 78.2 Å². The highest BCUT2D eigenvalue weighted by molar-refractivity contribution is 5.78. The Bertz CT molecular complexity index is 1040. The van der Waals surface area contributed by atoms with Crippen LogP contribution in [0.5, 0.6) is 0 Å². The van der Waals surface area contributed by atoms with E-state index in [0.717, 1.165) is 30.8 Å².